The lowest BCUT2D eigenvalue weighted by molar-refractivity contribution is -0.137. The van der Waals surface area contributed by atoms with Gasteiger partial charge in [0.25, 0.3) is 0 Å². The standard InChI is InChI=1S/C16H28N2O/c1-16(2)8-4-6-13(16)15(19)18-9-11-5-3-7-14(17)12(11)10-18/h11-14H,3-10,17H2,1-2H3. The van der Waals surface area contributed by atoms with Gasteiger partial charge in [0, 0.05) is 25.0 Å². The number of rotatable bonds is 1. The summed E-state index contributed by atoms with van der Waals surface area (Å²) in [5.41, 5.74) is 6.45. The summed E-state index contributed by atoms with van der Waals surface area (Å²) >= 11 is 0. The molecule has 4 atom stereocenters. The number of amides is 1. The number of hydrogen-bond acceptors (Lipinski definition) is 2. The highest BCUT2D eigenvalue weighted by Crippen LogP contribution is 2.45. The number of fused-ring (bicyclic) bond motifs is 1. The second-order valence-corrected chi connectivity index (χ2v) is 7.70. The number of hydrogen-bond donors (Lipinski definition) is 1. The first kappa shape index (κ1) is 13.4. The topological polar surface area (TPSA) is 46.3 Å². The molecule has 108 valence electrons. The van der Waals surface area contributed by atoms with Crippen molar-refractivity contribution in [1.82, 2.24) is 4.90 Å². The van der Waals surface area contributed by atoms with Crippen molar-refractivity contribution in [1.29, 1.82) is 0 Å². The number of likely N-dealkylation sites (tertiary alicyclic amines) is 1. The third-order valence-electron chi connectivity index (χ3n) is 6.02. The van der Waals surface area contributed by atoms with Crippen LogP contribution in [0.1, 0.15) is 52.4 Å². The molecule has 0 bridgehead atoms. The zero-order valence-corrected chi connectivity index (χ0v) is 12.4. The highest BCUT2D eigenvalue weighted by Gasteiger charge is 2.46. The van der Waals surface area contributed by atoms with Crippen molar-refractivity contribution < 1.29 is 4.79 Å². The Morgan fingerprint density at radius 3 is 2.58 bits per heavy atom. The van der Waals surface area contributed by atoms with Crippen molar-refractivity contribution in [2.45, 2.75) is 58.4 Å². The van der Waals surface area contributed by atoms with Gasteiger partial charge in [0.05, 0.1) is 0 Å². The summed E-state index contributed by atoms with van der Waals surface area (Å²) in [6.07, 6.45) is 7.17. The zero-order valence-electron chi connectivity index (χ0n) is 12.4. The Kier molecular flexibility index (Phi) is 3.36. The van der Waals surface area contributed by atoms with Gasteiger partial charge in [-0.15, -0.1) is 0 Å². The van der Waals surface area contributed by atoms with Crippen molar-refractivity contribution in [3.8, 4) is 0 Å². The molecule has 0 spiro atoms. The lowest BCUT2D eigenvalue weighted by atomic mass is 9.78. The predicted octanol–water partition coefficient (Wildman–Crippen LogP) is 2.40. The maximum absolute atomic E-state index is 12.8. The Balaban J connectivity index is 1.69. The fourth-order valence-corrected chi connectivity index (χ4v) is 4.70. The van der Waals surface area contributed by atoms with Gasteiger partial charge in [-0.2, -0.15) is 0 Å². The van der Waals surface area contributed by atoms with Crippen LogP contribution in [0.5, 0.6) is 0 Å². The van der Waals surface area contributed by atoms with Crippen molar-refractivity contribution in [3.63, 3.8) is 0 Å². The fraction of sp³-hybridized carbons (Fsp3) is 0.938. The van der Waals surface area contributed by atoms with E-state index in [4.69, 9.17) is 5.73 Å². The molecule has 0 aromatic heterocycles. The molecular weight excluding hydrogens is 236 g/mol. The SMILES string of the molecule is CC1(C)CCCC1C(=O)N1CC2CCCC(N)C2C1. The molecule has 1 saturated heterocycles. The summed E-state index contributed by atoms with van der Waals surface area (Å²) in [6, 6.07) is 0.327. The third kappa shape index (κ3) is 2.31. The Hall–Kier alpha value is -0.570. The minimum Gasteiger partial charge on any atom is -0.342 e. The summed E-state index contributed by atoms with van der Waals surface area (Å²) in [6.45, 7) is 6.43. The van der Waals surface area contributed by atoms with Crippen molar-refractivity contribution in [2.75, 3.05) is 13.1 Å². The van der Waals surface area contributed by atoms with E-state index in [-0.39, 0.29) is 11.3 Å². The Labute approximate surface area is 116 Å². The molecule has 1 amide bonds. The number of carbonyl (C=O) groups excluding carboxylic acids is 1. The number of nitrogens with two attached hydrogens (primary N) is 1. The summed E-state index contributed by atoms with van der Waals surface area (Å²) < 4.78 is 0. The maximum Gasteiger partial charge on any atom is 0.226 e. The Morgan fingerprint density at radius 1 is 1.16 bits per heavy atom. The molecule has 19 heavy (non-hydrogen) atoms. The second-order valence-electron chi connectivity index (χ2n) is 7.70. The molecule has 0 aromatic carbocycles. The van der Waals surface area contributed by atoms with Crippen LogP contribution in [0.2, 0.25) is 0 Å². The molecule has 3 rings (SSSR count). The smallest absolute Gasteiger partial charge is 0.226 e. The van der Waals surface area contributed by atoms with Crippen LogP contribution in [0.4, 0.5) is 0 Å². The van der Waals surface area contributed by atoms with Crippen LogP contribution in [-0.2, 0) is 4.79 Å². The van der Waals surface area contributed by atoms with Crippen LogP contribution in [0.3, 0.4) is 0 Å². The van der Waals surface area contributed by atoms with Gasteiger partial charge in [0.15, 0.2) is 0 Å². The summed E-state index contributed by atoms with van der Waals surface area (Å²) in [7, 11) is 0. The normalized spacial score (nSPS) is 41.3. The fourth-order valence-electron chi connectivity index (χ4n) is 4.70. The minimum absolute atomic E-state index is 0.201. The number of carbonyl (C=O) groups is 1. The lowest BCUT2D eigenvalue weighted by Gasteiger charge is -2.30. The molecule has 2 aliphatic carbocycles. The predicted molar refractivity (Wildman–Crippen MR) is 76.5 cm³/mol. The molecule has 2 saturated carbocycles. The largest absolute Gasteiger partial charge is 0.342 e. The van der Waals surface area contributed by atoms with E-state index in [9.17, 15) is 4.79 Å². The van der Waals surface area contributed by atoms with Gasteiger partial charge in [-0.3, -0.25) is 4.79 Å². The molecular formula is C16H28N2O. The first-order valence-corrected chi connectivity index (χ1v) is 8.03. The van der Waals surface area contributed by atoms with E-state index in [1.165, 1.54) is 25.7 Å². The van der Waals surface area contributed by atoms with Gasteiger partial charge in [0.1, 0.15) is 0 Å². The third-order valence-corrected chi connectivity index (χ3v) is 6.02. The van der Waals surface area contributed by atoms with Gasteiger partial charge >= 0.3 is 0 Å². The lowest BCUT2D eigenvalue weighted by Crippen LogP contribution is -2.40. The molecule has 0 radical (unpaired) electrons. The van der Waals surface area contributed by atoms with Gasteiger partial charge in [0.2, 0.25) is 5.91 Å². The molecule has 0 aromatic rings. The van der Waals surface area contributed by atoms with Crippen LogP contribution in [0.15, 0.2) is 0 Å². The van der Waals surface area contributed by atoms with Gasteiger partial charge in [-0.1, -0.05) is 26.7 Å². The molecule has 1 heterocycles. The van der Waals surface area contributed by atoms with E-state index in [2.05, 4.69) is 18.7 Å². The summed E-state index contributed by atoms with van der Waals surface area (Å²) in [5, 5.41) is 0. The van der Waals surface area contributed by atoms with Crippen LogP contribution < -0.4 is 5.73 Å². The summed E-state index contributed by atoms with van der Waals surface area (Å²) in [4.78, 5) is 14.9. The maximum atomic E-state index is 12.8. The molecule has 3 fully saturated rings. The molecule has 2 N–H and O–H groups in total. The van der Waals surface area contributed by atoms with Gasteiger partial charge in [-0.05, 0) is 42.9 Å². The van der Waals surface area contributed by atoms with Crippen molar-refractivity contribution in [3.05, 3.63) is 0 Å². The zero-order chi connectivity index (χ0) is 13.6. The van der Waals surface area contributed by atoms with Crippen molar-refractivity contribution >= 4 is 5.91 Å². The number of nitrogens with zero attached hydrogens (tertiary/aromatic N) is 1. The van der Waals surface area contributed by atoms with Gasteiger partial charge < -0.3 is 10.6 Å². The summed E-state index contributed by atoms with van der Waals surface area (Å²) in [5.74, 6) is 1.92. The average molecular weight is 264 g/mol. The van der Waals surface area contributed by atoms with E-state index in [0.29, 0.717) is 23.8 Å². The van der Waals surface area contributed by atoms with Crippen LogP contribution in [-0.4, -0.2) is 29.9 Å². The van der Waals surface area contributed by atoms with Crippen LogP contribution >= 0.6 is 0 Å². The minimum atomic E-state index is 0.201. The van der Waals surface area contributed by atoms with E-state index in [0.717, 1.165) is 25.9 Å². The van der Waals surface area contributed by atoms with Gasteiger partial charge in [-0.25, -0.2) is 0 Å². The first-order chi connectivity index (χ1) is 8.99. The first-order valence-electron chi connectivity index (χ1n) is 8.03. The van der Waals surface area contributed by atoms with E-state index in [1.54, 1.807) is 0 Å². The molecule has 3 heteroatoms. The molecule has 3 aliphatic rings. The Morgan fingerprint density at radius 2 is 1.95 bits per heavy atom. The Bertz CT molecular complexity index is 366. The second kappa shape index (κ2) is 4.76. The molecule has 3 nitrogen and oxygen atoms in total. The quantitative estimate of drug-likeness (QED) is 0.790. The average Bonchev–Trinajstić information content (AvgIpc) is 2.92. The van der Waals surface area contributed by atoms with E-state index >= 15 is 0 Å². The molecule has 4 unspecified atom stereocenters. The monoisotopic (exact) mass is 264 g/mol. The molecule has 1 aliphatic heterocycles. The van der Waals surface area contributed by atoms with Crippen LogP contribution in [0, 0.1) is 23.2 Å². The highest BCUT2D eigenvalue weighted by atomic mass is 16.2. The van der Waals surface area contributed by atoms with Crippen LogP contribution in [0.25, 0.3) is 0 Å². The van der Waals surface area contributed by atoms with E-state index < -0.39 is 0 Å². The van der Waals surface area contributed by atoms with E-state index in [1.807, 2.05) is 0 Å². The van der Waals surface area contributed by atoms with Crippen molar-refractivity contribution in [2.24, 2.45) is 28.9 Å². The highest BCUT2D eigenvalue weighted by molar-refractivity contribution is 5.80.